The van der Waals surface area contributed by atoms with Crippen LogP contribution in [0.4, 0.5) is 18.9 Å². The molecule has 0 saturated carbocycles. The van der Waals surface area contributed by atoms with Crippen LogP contribution in [0.2, 0.25) is 0 Å². The zero-order valence-electron chi connectivity index (χ0n) is 10.8. The van der Waals surface area contributed by atoms with E-state index in [2.05, 4.69) is 21.2 Å². The standard InChI is InChI=1S/C15H11BrF3NO/c16-8-1-2-14-10(5-8)13(3-4-21-14)20-9-6-11(17)15(19)12(18)7-9/h1-2,5-7,13,20H,3-4H2. The summed E-state index contributed by atoms with van der Waals surface area (Å²) in [6.45, 7) is 0.498. The van der Waals surface area contributed by atoms with E-state index in [0.717, 1.165) is 27.9 Å². The second kappa shape index (κ2) is 5.60. The van der Waals surface area contributed by atoms with Crippen molar-refractivity contribution in [1.82, 2.24) is 0 Å². The van der Waals surface area contributed by atoms with Gasteiger partial charge in [-0.2, -0.15) is 0 Å². The molecule has 1 atom stereocenters. The fourth-order valence-corrected chi connectivity index (χ4v) is 2.73. The smallest absolute Gasteiger partial charge is 0.194 e. The minimum atomic E-state index is -1.46. The molecule has 0 saturated heterocycles. The lowest BCUT2D eigenvalue weighted by atomic mass is 10.0. The van der Waals surface area contributed by atoms with E-state index in [4.69, 9.17) is 4.74 Å². The van der Waals surface area contributed by atoms with Crippen LogP contribution in [0.1, 0.15) is 18.0 Å². The minimum Gasteiger partial charge on any atom is -0.493 e. The molecule has 2 aromatic rings. The summed E-state index contributed by atoms with van der Waals surface area (Å²) in [5.74, 6) is -3.15. The average Bonchev–Trinajstić information content (AvgIpc) is 2.45. The van der Waals surface area contributed by atoms with E-state index in [1.807, 2.05) is 18.2 Å². The van der Waals surface area contributed by atoms with Crippen LogP contribution in [0.15, 0.2) is 34.8 Å². The Kier molecular flexibility index (Phi) is 3.80. The van der Waals surface area contributed by atoms with E-state index in [1.54, 1.807) is 0 Å². The molecule has 21 heavy (non-hydrogen) atoms. The molecule has 6 heteroatoms. The SMILES string of the molecule is Fc1cc(NC2CCOc3ccc(Br)cc32)cc(F)c1F. The normalized spacial score (nSPS) is 17.0. The van der Waals surface area contributed by atoms with Gasteiger partial charge >= 0.3 is 0 Å². The first kappa shape index (κ1) is 14.3. The Balaban J connectivity index is 1.92. The van der Waals surface area contributed by atoms with Gasteiger partial charge in [-0.1, -0.05) is 15.9 Å². The summed E-state index contributed by atoms with van der Waals surface area (Å²) >= 11 is 3.38. The monoisotopic (exact) mass is 357 g/mol. The molecule has 2 aromatic carbocycles. The second-order valence-electron chi connectivity index (χ2n) is 4.77. The van der Waals surface area contributed by atoms with Crippen molar-refractivity contribution in [2.24, 2.45) is 0 Å². The molecule has 2 nitrogen and oxygen atoms in total. The predicted octanol–water partition coefficient (Wildman–Crippen LogP) is 4.80. The van der Waals surface area contributed by atoms with Gasteiger partial charge in [0, 0.05) is 34.3 Å². The Hall–Kier alpha value is -1.69. The predicted molar refractivity (Wildman–Crippen MR) is 76.9 cm³/mol. The number of hydrogen-bond acceptors (Lipinski definition) is 2. The lowest BCUT2D eigenvalue weighted by Crippen LogP contribution is -2.20. The van der Waals surface area contributed by atoms with Crippen LogP contribution < -0.4 is 10.1 Å². The van der Waals surface area contributed by atoms with E-state index >= 15 is 0 Å². The van der Waals surface area contributed by atoms with Crippen LogP contribution in [0.25, 0.3) is 0 Å². The third-order valence-electron chi connectivity index (χ3n) is 3.34. The van der Waals surface area contributed by atoms with Crippen LogP contribution in [-0.4, -0.2) is 6.61 Å². The molecule has 0 amide bonds. The van der Waals surface area contributed by atoms with Crippen molar-refractivity contribution in [2.75, 3.05) is 11.9 Å². The van der Waals surface area contributed by atoms with Gasteiger partial charge in [0.25, 0.3) is 0 Å². The third kappa shape index (κ3) is 2.85. The Morgan fingerprint density at radius 2 is 1.81 bits per heavy atom. The summed E-state index contributed by atoms with van der Waals surface area (Å²) in [5, 5.41) is 3.03. The highest BCUT2D eigenvalue weighted by Crippen LogP contribution is 2.36. The quantitative estimate of drug-likeness (QED) is 0.779. The molecule has 0 bridgehead atoms. The van der Waals surface area contributed by atoms with Gasteiger partial charge in [-0.15, -0.1) is 0 Å². The van der Waals surface area contributed by atoms with E-state index < -0.39 is 17.5 Å². The number of benzene rings is 2. The summed E-state index contributed by atoms with van der Waals surface area (Å²) in [4.78, 5) is 0. The Morgan fingerprint density at radius 3 is 2.52 bits per heavy atom. The van der Waals surface area contributed by atoms with Crippen molar-refractivity contribution in [1.29, 1.82) is 0 Å². The number of halogens is 4. The number of ether oxygens (including phenoxy) is 1. The van der Waals surface area contributed by atoms with Gasteiger partial charge in [-0.05, 0) is 18.2 Å². The Labute approximate surface area is 128 Å². The van der Waals surface area contributed by atoms with Gasteiger partial charge in [0.1, 0.15) is 5.75 Å². The average molecular weight is 358 g/mol. The third-order valence-corrected chi connectivity index (χ3v) is 3.83. The van der Waals surface area contributed by atoms with Gasteiger partial charge < -0.3 is 10.1 Å². The number of hydrogen-bond donors (Lipinski definition) is 1. The first-order chi connectivity index (χ1) is 10.0. The molecule has 0 aromatic heterocycles. The fourth-order valence-electron chi connectivity index (χ4n) is 2.36. The van der Waals surface area contributed by atoms with Crippen molar-refractivity contribution in [3.05, 3.63) is 57.8 Å². The van der Waals surface area contributed by atoms with Crippen molar-refractivity contribution in [2.45, 2.75) is 12.5 Å². The summed E-state index contributed by atoms with van der Waals surface area (Å²) < 4.78 is 45.9. The molecule has 3 rings (SSSR count). The molecule has 0 fully saturated rings. The zero-order valence-corrected chi connectivity index (χ0v) is 12.4. The molecular weight excluding hydrogens is 347 g/mol. The maximum Gasteiger partial charge on any atom is 0.194 e. The maximum atomic E-state index is 13.3. The Morgan fingerprint density at radius 1 is 1.10 bits per heavy atom. The van der Waals surface area contributed by atoms with Gasteiger partial charge in [-0.25, -0.2) is 13.2 Å². The van der Waals surface area contributed by atoms with E-state index in [0.29, 0.717) is 13.0 Å². The number of rotatable bonds is 2. The second-order valence-corrected chi connectivity index (χ2v) is 5.69. The largest absolute Gasteiger partial charge is 0.493 e. The summed E-state index contributed by atoms with van der Waals surface area (Å²) in [7, 11) is 0. The van der Waals surface area contributed by atoms with Gasteiger partial charge in [0.15, 0.2) is 17.5 Å². The highest BCUT2D eigenvalue weighted by molar-refractivity contribution is 9.10. The van der Waals surface area contributed by atoms with E-state index in [1.165, 1.54) is 0 Å². The molecular formula is C15H11BrF3NO. The highest BCUT2D eigenvalue weighted by Gasteiger charge is 2.22. The van der Waals surface area contributed by atoms with Crippen molar-refractivity contribution < 1.29 is 17.9 Å². The summed E-state index contributed by atoms with van der Waals surface area (Å²) in [6, 6.07) is 7.33. The molecule has 0 radical (unpaired) electrons. The van der Waals surface area contributed by atoms with Gasteiger partial charge in [0.05, 0.1) is 12.6 Å². The number of nitrogens with one attached hydrogen (secondary N) is 1. The molecule has 1 heterocycles. The van der Waals surface area contributed by atoms with Crippen molar-refractivity contribution in [3.8, 4) is 5.75 Å². The van der Waals surface area contributed by atoms with Crippen LogP contribution in [0.3, 0.4) is 0 Å². The molecule has 1 N–H and O–H groups in total. The van der Waals surface area contributed by atoms with Crippen molar-refractivity contribution >= 4 is 21.6 Å². The topological polar surface area (TPSA) is 21.3 Å². The van der Waals surface area contributed by atoms with Gasteiger partial charge in [0.2, 0.25) is 0 Å². The highest BCUT2D eigenvalue weighted by atomic mass is 79.9. The first-order valence-corrected chi connectivity index (χ1v) is 7.17. The molecule has 1 aliphatic heterocycles. The van der Waals surface area contributed by atoms with Crippen LogP contribution >= 0.6 is 15.9 Å². The van der Waals surface area contributed by atoms with Crippen LogP contribution in [0, 0.1) is 17.5 Å². The van der Waals surface area contributed by atoms with Crippen molar-refractivity contribution in [3.63, 3.8) is 0 Å². The molecule has 1 unspecified atom stereocenters. The summed E-state index contributed by atoms with van der Waals surface area (Å²) in [6.07, 6.45) is 0.643. The van der Waals surface area contributed by atoms with Crippen LogP contribution in [0.5, 0.6) is 5.75 Å². The number of fused-ring (bicyclic) bond motifs is 1. The molecule has 0 aliphatic carbocycles. The lowest BCUT2D eigenvalue weighted by molar-refractivity contribution is 0.274. The van der Waals surface area contributed by atoms with Gasteiger partial charge in [-0.3, -0.25) is 0 Å². The molecule has 1 aliphatic rings. The Bertz CT molecular complexity index is 670. The van der Waals surface area contributed by atoms with E-state index in [9.17, 15) is 13.2 Å². The zero-order chi connectivity index (χ0) is 15.0. The molecule has 110 valence electrons. The summed E-state index contributed by atoms with van der Waals surface area (Å²) in [5.41, 5.74) is 1.09. The lowest BCUT2D eigenvalue weighted by Gasteiger charge is -2.27. The first-order valence-electron chi connectivity index (χ1n) is 6.38. The minimum absolute atomic E-state index is 0.157. The van der Waals surface area contributed by atoms with Crippen LogP contribution in [-0.2, 0) is 0 Å². The van der Waals surface area contributed by atoms with E-state index in [-0.39, 0.29) is 11.7 Å². The molecule has 0 spiro atoms. The number of anilines is 1. The fraction of sp³-hybridized carbons (Fsp3) is 0.200. The maximum absolute atomic E-state index is 13.3.